The van der Waals surface area contributed by atoms with Crippen molar-refractivity contribution in [3.05, 3.63) is 58.6 Å². The number of rotatable bonds is 2. The third-order valence-electron chi connectivity index (χ3n) is 2.30. The standard InChI is InChI=1S/C14H7ClN2O/c15-11-4-6-12(7-5-11)18-14-3-1-2-10(8-16)13(14)9-17/h1-7H. The summed E-state index contributed by atoms with van der Waals surface area (Å²) in [6.07, 6.45) is 0. The molecular weight excluding hydrogens is 248 g/mol. The Labute approximate surface area is 109 Å². The lowest BCUT2D eigenvalue weighted by molar-refractivity contribution is 0.481. The van der Waals surface area contributed by atoms with Crippen LogP contribution in [0.4, 0.5) is 0 Å². The molecule has 4 heteroatoms. The number of nitrogens with zero attached hydrogens (tertiary/aromatic N) is 2. The van der Waals surface area contributed by atoms with Crippen molar-refractivity contribution >= 4 is 11.6 Å². The zero-order valence-electron chi connectivity index (χ0n) is 9.22. The number of nitriles is 2. The molecule has 0 radical (unpaired) electrons. The SMILES string of the molecule is N#Cc1cccc(Oc2ccc(Cl)cc2)c1C#N. The van der Waals surface area contributed by atoms with Crippen molar-refractivity contribution in [2.24, 2.45) is 0 Å². The van der Waals surface area contributed by atoms with Crippen molar-refractivity contribution in [1.82, 2.24) is 0 Å². The molecule has 0 aliphatic heterocycles. The first-order valence-electron chi connectivity index (χ1n) is 5.11. The third kappa shape index (κ3) is 2.43. The topological polar surface area (TPSA) is 56.8 Å². The van der Waals surface area contributed by atoms with Gasteiger partial charge in [-0.1, -0.05) is 17.7 Å². The molecule has 0 amide bonds. The molecule has 2 aromatic carbocycles. The maximum absolute atomic E-state index is 9.05. The van der Waals surface area contributed by atoms with Crippen molar-refractivity contribution in [3.63, 3.8) is 0 Å². The van der Waals surface area contributed by atoms with E-state index < -0.39 is 0 Å². The van der Waals surface area contributed by atoms with Gasteiger partial charge in [0.2, 0.25) is 0 Å². The molecule has 2 aromatic rings. The van der Waals surface area contributed by atoms with E-state index in [0.29, 0.717) is 22.1 Å². The molecule has 0 spiro atoms. The van der Waals surface area contributed by atoms with Gasteiger partial charge in [0.1, 0.15) is 29.2 Å². The second-order valence-corrected chi connectivity index (χ2v) is 3.89. The van der Waals surface area contributed by atoms with Crippen LogP contribution in [0.25, 0.3) is 0 Å². The van der Waals surface area contributed by atoms with Crippen LogP contribution in [0.5, 0.6) is 11.5 Å². The minimum atomic E-state index is 0.231. The lowest BCUT2D eigenvalue weighted by atomic mass is 10.1. The second kappa shape index (κ2) is 5.23. The number of benzene rings is 2. The van der Waals surface area contributed by atoms with Gasteiger partial charge in [0, 0.05) is 5.02 Å². The molecule has 2 rings (SSSR count). The summed E-state index contributed by atoms with van der Waals surface area (Å²) < 4.78 is 5.57. The summed E-state index contributed by atoms with van der Waals surface area (Å²) in [6, 6.07) is 15.6. The molecule has 0 atom stereocenters. The first-order chi connectivity index (χ1) is 8.74. The van der Waals surface area contributed by atoms with E-state index >= 15 is 0 Å². The van der Waals surface area contributed by atoms with Crippen LogP contribution in [0.15, 0.2) is 42.5 Å². The van der Waals surface area contributed by atoms with Crippen LogP contribution in [0.3, 0.4) is 0 Å². The van der Waals surface area contributed by atoms with Gasteiger partial charge in [-0.3, -0.25) is 0 Å². The van der Waals surface area contributed by atoms with Crippen molar-refractivity contribution in [1.29, 1.82) is 10.5 Å². The summed E-state index contributed by atoms with van der Waals surface area (Å²) in [4.78, 5) is 0. The molecule has 0 saturated carbocycles. The van der Waals surface area contributed by atoms with Crippen molar-refractivity contribution in [2.45, 2.75) is 0 Å². The van der Waals surface area contributed by atoms with Gasteiger partial charge < -0.3 is 4.74 Å². The monoisotopic (exact) mass is 254 g/mol. The molecule has 0 aromatic heterocycles. The Morgan fingerprint density at radius 1 is 0.944 bits per heavy atom. The first kappa shape index (κ1) is 12.0. The second-order valence-electron chi connectivity index (χ2n) is 3.46. The zero-order valence-corrected chi connectivity index (χ0v) is 9.98. The molecular formula is C14H7ClN2O. The number of hydrogen-bond acceptors (Lipinski definition) is 3. The minimum Gasteiger partial charge on any atom is -0.456 e. The highest BCUT2D eigenvalue weighted by molar-refractivity contribution is 6.30. The Bertz CT molecular complexity index is 651. The lowest BCUT2D eigenvalue weighted by Crippen LogP contribution is -1.91. The van der Waals surface area contributed by atoms with E-state index in [-0.39, 0.29) is 5.56 Å². The van der Waals surface area contributed by atoms with Crippen LogP contribution in [0.2, 0.25) is 5.02 Å². The third-order valence-corrected chi connectivity index (χ3v) is 2.55. The van der Waals surface area contributed by atoms with E-state index in [0.717, 1.165) is 0 Å². The zero-order chi connectivity index (χ0) is 13.0. The van der Waals surface area contributed by atoms with Crippen LogP contribution < -0.4 is 4.74 Å². The summed E-state index contributed by atoms with van der Waals surface area (Å²) in [5, 5.41) is 18.6. The van der Waals surface area contributed by atoms with Gasteiger partial charge in [-0.15, -0.1) is 0 Å². The molecule has 0 N–H and O–H groups in total. The van der Waals surface area contributed by atoms with E-state index in [4.69, 9.17) is 26.9 Å². The van der Waals surface area contributed by atoms with E-state index in [9.17, 15) is 0 Å². The Morgan fingerprint density at radius 3 is 2.28 bits per heavy atom. The Morgan fingerprint density at radius 2 is 1.67 bits per heavy atom. The molecule has 0 fully saturated rings. The van der Waals surface area contributed by atoms with Gasteiger partial charge in [-0.05, 0) is 36.4 Å². The normalized spacial score (nSPS) is 9.28. The molecule has 86 valence electrons. The Kier molecular flexibility index (Phi) is 3.48. The van der Waals surface area contributed by atoms with E-state index in [1.54, 1.807) is 42.5 Å². The average molecular weight is 255 g/mol. The molecule has 0 bridgehead atoms. The average Bonchev–Trinajstić information content (AvgIpc) is 2.41. The van der Waals surface area contributed by atoms with Crippen LogP contribution in [-0.4, -0.2) is 0 Å². The highest BCUT2D eigenvalue weighted by Crippen LogP contribution is 2.27. The predicted octanol–water partition coefficient (Wildman–Crippen LogP) is 3.88. The maximum Gasteiger partial charge on any atom is 0.146 e. The number of ether oxygens (including phenoxy) is 1. The highest BCUT2D eigenvalue weighted by atomic mass is 35.5. The summed E-state index contributed by atoms with van der Waals surface area (Å²) >= 11 is 5.77. The van der Waals surface area contributed by atoms with Crippen LogP contribution in [0, 0.1) is 22.7 Å². The van der Waals surface area contributed by atoms with Crippen molar-refractivity contribution in [3.8, 4) is 23.6 Å². The quantitative estimate of drug-likeness (QED) is 0.817. The highest BCUT2D eigenvalue weighted by Gasteiger charge is 2.09. The van der Waals surface area contributed by atoms with Gasteiger partial charge >= 0.3 is 0 Å². The fourth-order valence-electron chi connectivity index (χ4n) is 1.45. The lowest BCUT2D eigenvalue weighted by Gasteiger charge is -2.07. The number of hydrogen-bond donors (Lipinski definition) is 0. The van der Waals surface area contributed by atoms with Gasteiger partial charge in [0.15, 0.2) is 0 Å². The molecule has 18 heavy (non-hydrogen) atoms. The van der Waals surface area contributed by atoms with Crippen LogP contribution in [-0.2, 0) is 0 Å². The van der Waals surface area contributed by atoms with Crippen LogP contribution >= 0.6 is 11.6 Å². The number of halogens is 1. The molecule has 0 aliphatic carbocycles. The first-order valence-corrected chi connectivity index (χ1v) is 5.49. The molecule has 0 unspecified atom stereocenters. The van der Waals surface area contributed by atoms with Crippen molar-refractivity contribution in [2.75, 3.05) is 0 Å². The molecule has 3 nitrogen and oxygen atoms in total. The van der Waals surface area contributed by atoms with Gasteiger partial charge in [0.25, 0.3) is 0 Å². The van der Waals surface area contributed by atoms with E-state index in [2.05, 4.69) is 0 Å². The summed E-state index contributed by atoms with van der Waals surface area (Å²) in [6.45, 7) is 0. The van der Waals surface area contributed by atoms with Crippen LogP contribution in [0.1, 0.15) is 11.1 Å². The van der Waals surface area contributed by atoms with Gasteiger partial charge in [-0.2, -0.15) is 10.5 Å². The summed E-state index contributed by atoms with van der Waals surface area (Å²) in [5.74, 6) is 0.921. The van der Waals surface area contributed by atoms with E-state index in [1.165, 1.54) is 0 Å². The molecule has 0 aliphatic rings. The largest absolute Gasteiger partial charge is 0.456 e. The summed E-state index contributed by atoms with van der Waals surface area (Å²) in [5.41, 5.74) is 0.527. The smallest absolute Gasteiger partial charge is 0.146 e. The molecule has 0 heterocycles. The fraction of sp³-hybridized carbons (Fsp3) is 0. The maximum atomic E-state index is 9.05. The van der Waals surface area contributed by atoms with E-state index in [1.807, 2.05) is 12.1 Å². The van der Waals surface area contributed by atoms with Gasteiger partial charge in [0.05, 0.1) is 5.56 Å². The fourth-order valence-corrected chi connectivity index (χ4v) is 1.58. The summed E-state index contributed by atoms with van der Waals surface area (Å²) in [7, 11) is 0. The molecule has 0 saturated heterocycles. The van der Waals surface area contributed by atoms with Gasteiger partial charge in [-0.25, -0.2) is 0 Å². The predicted molar refractivity (Wildman–Crippen MR) is 67.4 cm³/mol. The Hall–Kier alpha value is -2.49. The Balaban J connectivity index is 2.38. The van der Waals surface area contributed by atoms with Crippen molar-refractivity contribution < 1.29 is 4.74 Å². The minimum absolute atomic E-state index is 0.231.